The summed E-state index contributed by atoms with van der Waals surface area (Å²) in [6.45, 7) is 3.38. The largest absolute Gasteiger partial charge is 0.309 e. The highest BCUT2D eigenvalue weighted by Crippen LogP contribution is 2.25. The summed E-state index contributed by atoms with van der Waals surface area (Å²) in [5.41, 5.74) is 0.425. The Balaban J connectivity index is 1.50. The molecule has 4 rings (SSSR count). The van der Waals surface area contributed by atoms with Crippen LogP contribution in [0, 0.1) is 5.82 Å². The molecule has 0 spiro atoms. The van der Waals surface area contributed by atoms with Gasteiger partial charge in [-0.3, -0.25) is 9.69 Å². The average molecular weight is 451 g/mol. The average Bonchev–Trinajstić information content (AvgIpc) is 2.75. The second-order valence-electron chi connectivity index (χ2n) is 7.16. The summed E-state index contributed by atoms with van der Waals surface area (Å²) in [4.78, 5) is 21.8. The van der Waals surface area contributed by atoms with Crippen molar-refractivity contribution in [2.24, 2.45) is 0 Å². The van der Waals surface area contributed by atoms with Gasteiger partial charge in [0.05, 0.1) is 26.9 Å². The molecule has 1 N–H and O–H groups in total. The van der Waals surface area contributed by atoms with E-state index >= 15 is 0 Å². The van der Waals surface area contributed by atoms with Crippen LogP contribution < -0.4 is 5.56 Å². The first-order chi connectivity index (χ1) is 14.3. The minimum Gasteiger partial charge on any atom is -0.309 e. The predicted octanol–water partition coefficient (Wildman–Crippen LogP) is 2.78. The van der Waals surface area contributed by atoms with Gasteiger partial charge in [-0.2, -0.15) is 4.31 Å². The molecule has 1 aliphatic heterocycles. The van der Waals surface area contributed by atoms with Crippen LogP contribution in [0.3, 0.4) is 0 Å². The lowest BCUT2D eigenvalue weighted by Crippen LogP contribution is -2.49. The van der Waals surface area contributed by atoms with Crippen LogP contribution in [0.5, 0.6) is 0 Å². The minimum atomic E-state index is -3.77. The van der Waals surface area contributed by atoms with Crippen molar-refractivity contribution in [3.63, 3.8) is 0 Å². The molecule has 1 saturated heterocycles. The molecular weight excluding hydrogens is 431 g/mol. The topological polar surface area (TPSA) is 86.4 Å². The smallest absolute Gasteiger partial charge is 0.258 e. The number of rotatable bonds is 4. The van der Waals surface area contributed by atoms with Crippen LogP contribution in [0.15, 0.2) is 52.2 Å². The second kappa shape index (κ2) is 8.07. The van der Waals surface area contributed by atoms with E-state index in [1.165, 1.54) is 10.4 Å². The molecule has 7 nitrogen and oxygen atoms in total. The fourth-order valence-electron chi connectivity index (χ4n) is 3.59. The molecule has 1 fully saturated rings. The molecule has 2 aromatic carbocycles. The Morgan fingerprint density at radius 2 is 1.83 bits per heavy atom. The molecule has 1 aromatic heterocycles. The molecule has 30 heavy (non-hydrogen) atoms. The van der Waals surface area contributed by atoms with E-state index in [9.17, 15) is 17.6 Å². The van der Waals surface area contributed by atoms with Gasteiger partial charge in [-0.1, -0.05) is 23.7 Å². The number of benzene rings is 2. The highest BCUT2D eigenvalue weighted by atomic mass is 35.5. The fraction of sp³-hybridized carbons (Fsp3) is 0.300. The van der Waals surface area contributed by atoms with Crippen molar-refractivity contribution in [1.29, 1.82) is 0 Å². The van der Waals surface area contributed by atoms with Crippen molar-refractivity contribution in [1.82, 2.24) is 19.2 Å². The Hall–Kier alpha value is -2.33. The normalized spacial score (nSPS) is 17.3. The van der Waals surface area contributed by atoms with E-state index in [1.54, 1.807) is 18.2 Å². The minimum absolute atomic E-state index is 0.0316. The molecular formula is C20H20ClFN4O3S. The van der Waals surface area contributed by atoms with Crippen LogP contribution >= 0.6 is 11.6 Å². The standard InChI is InChI=1S/C20H20ClFN4O3S/c1-13(19-23-18-5-3-2-4-15(18)20(27)24-19)25-8-10-26(11-9-25)30(28,29)14-6-7-17(22)16(21)12-14/h2-7,12-13H,8-11H2,1H3,(H,23,24,27)/t13-/m0/s1. The number of aromatic nitrogens is 2. The maximum absolute atomic E-state index is 13.4. The Labute approximate surface area is 178 Å². The van der Waals surface area contributed by atoms with Gasteiger partial charge in [-0.25, -0.2) is 17.8 Å². The van der Waals surface area contributed by atoms with Gasteiger partial charge >= 0.3 is 0 Å². The number of halogens is 2. The summed E-state index contributed by atoms with van der Waals surface area (Å²) in [5.74, 6) is -0.119. The number of sulfonamides is 1. The summed E-state index contributed by atoms with van der Waals surface area (Å²) >= 11 is 5.74. The maximum Gasteiger partial charge on any atom is 0.258 e. The SMILES string of the molecule is C[C@@H](c1nc2ccccc2c(=O)[nH]1)N1CCN(S(=O)(=O)c2ccc(F)c(Cl)c2)CC1. The van der Waals surface area contributed by atoms with E-state index < -0.39 is 15.8 Å². The molecule has 0 amide bonds. The number of nitrogens with one attached hydrogen (secondary N) is 1. The molecule has 10 heteroatoms. The quantitative estimate of drug-likeness (QED) is 0.660. The van der Waals surface area contributed by atoms with Crippen molar-refractivity contribution in [3.8, 4) is 0 Å². The van der Waals surface area contributed by atoms with E-state index in [-0.39, 0.29) is 34.6 Å². The van der Waals surface area contributed by atoms with Crippen molar-refractivity contribution in [2.75, 3.05) is 26.2 Å². The number of para-hydroxylation sites is 1. The van der Waals surface area contributed by atoms with Gasteiger partial charge in [0.15, 0.2) is 0 Å². The number of piperazine rings is 1. The van der Waals surface area contributed by atoms with Crippen LogP contribution in [0.1, 0.15) is 18.8 Å². The van der Waals surface area contributed by atoms with Crippen LogP contribution in [-0.4, -0.2) is 53.8 Å². The van der Waals surface area contributed by atoms with Gasteiger partial charge in [0.1, 0.15) is 11.6 Å². The summed E-state index contributed by atoms with van der Waals surface area (Å²) in [6.07, 6.45) is 0. The Morgan fingerprint density at radius 1 is 1.13 bits per heavy atom. The van der Waals surface area contributed by atoms with Gasteiger partial charge in [0, 0.05) is 26.2 Å². The monoisotopic (exact) mass is 450 g/mol. The summed E-state index contributed by atoms with van der Waals surface area (Å²) in [7, 11) is -3.77. The second-order valence-corrected chi connectivity index (χ2v) is 9.51. The van der Waals surface area contributed by atoms with E-state index in [4.69, 9.17) is 11.6 Å². The zero-order valence-corrected chi connectivity index (χ0v) is 17.8. The van der Waals surface area contributed by atoms with Crippen molar-refractivity contribution in [2.45, 2.75) is 17.9 Å². The van der Waals surface area contributed by atoms with Gasteiger partial charge in [-0.15, -0.1) is 0 Å². The van der Waals surface area contributed by atoms with Crippen molar-refractivity contribution < 1.29 is 12.8 Å². The first-order valence-corrected chi connectivity index (χ1v) is 11.3. The van der Waals surface area contributed by atoms with Crippen LogP contribution in [0.2, 0.25) is 5.02 Å². The Kier molecular flexibility index (Phi) is 5.63. The molecule has 0 aliphatic carbocycles. The van der Waals surface area contributed by atoms with Gasteiger partial charge in [0.2, 0.25) is 10.0 Å². The lowest BCUT2D eigenvalue weighted by molar-refractivity contribution is 0.141. The predicted molar refractivity (Wildman–Crippen MR) is 113 cm³/mol. The zero-order valence-electron chi connectivity index (χ0n) is 16.2. The molecule has 2 heterocycles. The number of hydrogen-bond acceptors (Lipinski definition) is 5. The highest BCUT2D eigenvalue weighted by molar-refractivity contribution is 7.89. The molecule has 0 unspecified atom stereocenters. The first kappa shape index (κ1) is 20.9. The highest BCUT2D eigenvalue weighted by Gasteiger charge is 2.31. The zero-order chi connectivity index (χ0) is 21.5. The number of H-pyrrole nitrogens is 1. The van der Waals surface area contributed by atoms with E-state index in [0.29, 0.717) is 29.8 Å². The van der Waals surface area contributed by atoms with Crippen LogP contribution in [-0.2, 0) is 10.0 Å². The molecule has 1 atom stereocenters. The van der Waals surface area contributed by atoms with Crippen LogP contribution in [0.4, 0.5) is 4.39 Å². The maximum atomic E-state index is 13.4. The van der Waals surface area contributed by atoms with E-state index in [0.717, 1.165) is 12.1 Å². The first-order valence-electron chi connectivity index (χ1n) is 9.45. The fourth-order valence-corrected chi connectivity index (χ4v) is 5.29. The van der Waals surface area contributed by atoms with Crippen LogP contribution in [0.25, 0.3) is 10.9 Å². The third kappa shape index (κ3) is 3.85. The van der Waals surface area contributed by atoms with Gasteiger partial charge in [-0.05, 0) is 37.3 Å². The number of nitrogens with zero attached hydrogens (tertiary/aromatic N) is 3. The molecule has 158 valence electrons. The number of aromatic amines is 1. The van der Waals surface area contributed by atoms with Crippen molar-refractivity contribution in [3.05, 3.63) is 69.5 Å². The van der Waals surface area contributed by atoms with E-state index in [2.05, 4.69) is 14.9 Å². The lowest BCUT2D eigenvalue weighted by Gasteiger charge is -2.37. The third-order valence-electron chi connectivity index (χ3n) is 5.38. The lowest BCUT2D eigenvalue weighted by atomic mass is 10.2. The Bertz CT molecular complexity index is 1260. The molecule has 0 bridgehead atoms. The molecule has 0 saturated carbocycles. The van der Waals surface area contributed by atoms with Crippen molar-refractivity contribution >= 4 is 32.5 Å². The number of hydrogen-bond donors (Lipinski definition) is 1. The third-order valence-corrected chi connectivity index (χ3v) is 7.56. The molecule has 0 radical (unpaired) electrons. The molecule has 3 aromatic rings. The summed E-state index contributed by atoms with van der Waals surface area (Å²) < 4.78 is 40.4. The number of fused-ring (bicyclic) bond motifs is 1. The summed E-state index contributed by atoms with van der Waals surface area (Å²) in [5, 5.41) is 0.303. The van der Waals surface area contributed by atoms with E-state index in [1.807, 2.05) is 13.0 Å². The van der Waals surface area contributed by atoms with Gasteiger partial charge < -0.3 is 4.98 Å². The summed E-state index contributed by atoms with van der Waals surface area (Å²) in [6, 6.07) is 10.3. The molecule has 1 aliphatic rings. The Morgan fingerprint density at radius 3 is 2.53 bits per heavy atom. The van der Waals surface area contributed by atoms with Gasteiger partial charge in [0.25, 0.3) is 5.56 Å².